The molecule has 1 atom stereocenters. The smallest absolute Gasteiger partial charge is 0.0845 e. The number of hydrogen-bond donors (Lipinski definition) is 1. The fourth-order valence-corrected chi connectivity index (χ4v) is 2.69. The molecule has 3 heteroatoms. The highest BCUT2D eigenvalue weighted by molar-refractivity contribution is 5.48. The Balaban J connectivity index is 1.85. The van der Waals surface area contributed by atoms with Crippen LogP contribution in [-0.2, 0) is 6.42 Å². The average Bonchev–Trinajstić information content (AvgIpc) is 2.49. The van der Waals surface area contributed by atoms with Crippen molar-refractivity contribution in [1.82, 2.24) is 4.90 Å². The van der Waals surface area contributed by atoms with Crippen LogP contribution in [0, 0.1) is 0 Å². The highest BCUT2D eigenvalue weighted by atomic mass is 16.3. The highest BCUT2D eigenvalue weighted by Crippen LogP contribution is 2.18. The topological polar surface area (TPSA) is 26.7 Å². The van der Waals surface area contributed by atoms with Crippen LogP contribution in [-0.4, -0.2) is 48.8 Å². The molecule has 1 heterocycles. The van der Waals surface area contributed by atoms with Gasteiger partial charge in [-0.3, -0.25) is 4.90 Å². The minimum Gasteiger partial charge on any atom is -0.388 e. The van der Waals surface area contributed by atoms with Gasteiger partial charge < -0.3 is 10.0 Å². The number of anilines is 1. The molecule has 20 heavy (non-hydrogen) atoms. The van der Waals surface area contributed by atoms with Gasteiger partial charge in [-0.2, -0.15) is 0 Å². The third-order valence-corrected chi connectivity index (χ3v) is 3.93. The van der Waals surface area contributed by atoms with Gasteiger partial charge in [0.05, 0.1) is 6.10 Å². The Morgan fingerprint density at radius 3 is 2.40 bits per heavy atom. The van der Waals surface area contributed by atoms with E-state index in [0.29, 0.717) is 6.54 Å². The number of aryl methyl sites for hydroxylation is 1. The molecular weight excluding hydrogens is 248 g/mol. The summed E-state index contributed by atoms with van der Waals surface area (Å²) < 4.78 is 0. The van der Waals surface area contributed by atoms with Gasteiger partial charge in [-0.25, -0.2) is 0 Å². The second-order valence-corrected chi connectivity index (χ2v) is 5.51. The van der Waals surface area contributed by atoms with E-state index in [1.54, 1.807) is 6.08 Å². The second kappa shape index (κ2) is 7.46. The number of rotatable bonds is 6. The van der Waals surface area contributed by atoms with Crippen molar-refractivity contribution >= 4 is 5.69 Å². The van der Waals surface area contributed by atoms with E-state index in [2.05, 4.69) is 47.6 Å². The van der Waals surface area contributed by atoms with Gasteiger partial charge in [0.25, 0.3) is 0 Å². The number of aliphatic hydroxyl groups excluding tert-OH is 1. The average molecular weight is 274 g/mol. The maximum atomic E-state index is 9.60. The summed E-state index contributed by atoms with van der Waals surface area (Å²) >= 11 is 0. The predicted octanol–water partition coefficient (Wildman–Crippen LogP) is 2.31. The summed E-state index contributed by atoms with van der Waals surface area (Å²) in [5, 5.41) is 9.60. The van der Waals surface area contributed by atoms with Gasteiger partial charge in [0.1, 0.15) is 0 Å². The van der Waals surface area contributed by atoms with Crippen molar-refractivity contribution in [2.24, 2.45) is 0 Å². The lowest BCUT2D eigenvalue weighted by atomic mass is 10.1. The fourth-order valence-electron chi connectivity index (χ4n) is 2.69. The van der Waals surface area contributed by atoms with Crippen LogP contribution in [0.3, 0.4) is 0 Å². The largest absolute Gasteiger partial charge is 0.388 e. The van der Waals surface area contributed by atoms with E-state index in [1.807, 2.05) is 0 Å². The van der Waals surface area contributed by atoms with Crippen LogP contribution in [0.15, 0.2) is 36.9 Å². The van der Waals surface area contributed by atoms with Crippen LogP contribution in [0.1, 0.15) is 18.9 Å². The van der Waals surface area contributed by atoms with Crippen molar-refractivity contribution in [3.05, 3.63) is 42.5 Å². The van der Waals surface area contributed by atoms with Crippen molar-refractivity contribution in [2.45, 2.75) is 25.9 Å². The summed E-state index contributed by atoms with van der Waals surface area (Å²) in [6, 6.07) is 8.96. The number of aliphatic hydroxyl groups is 1. The molecule has 3 nitrogen and oxygen atoms in total. The van der Waals surface area contributed by atoms with E-state index >= 15 is 0 Å². The molecular formula is C17H26N2O. The van der Waals surface area contributed by atoms with Crippen LogP contribution in [0.25, 0.3) is 0 Å². The molecule has 110 valence electrons. The maximum Gasteiger partial charge on any atom is 0.0845 e. The first-order valence-corrected chi connectivity index (χ1v) is 7.59. The number of hydrogen-bond acceptors (Lipinski definition) is 3. The van der Waals surface area contributed by atoms with Gasteiger partial charge in [0.15, 0.2) is 0 Å². The predicted molar refractivity (Wildman–Crippen MR) is 85.3 cm³/mol. The van der Waals surface area contributed by atoms with E-state index in [4.69, 9.17) is 0 Å². The Hall–Kier alpha value is -1.32. The van der Waals surface area contributed by atoms with E-state index in [0.717, 1.165) is 32.6 Å². The first-order chi connectivity index (χ1) is 9.72. The fraction of sp³-hybridized carbons (Fsp3) is 0.529. The lowest BCUT2D eigenvalue weighted by molar-refractivity contribution is 0.142. The maximum absolute atomic E-state index is 9.60. The van der Waals surface area contributed by atoms with E-state index in [-0.39, 0.29) is 0 Å². The molecule has 1 aromatic rings. The molecule has 0 bridgehead atoms. The molecule has 1 fully saturated rings. The first-order valence-electron chi connectivity index (χ1n) is 7.59. The van der Waals surface area contributed by atoms with Crippen molar-refractivity contribution in [3.8, 4) is 0 Å². The Labute approximate surface area is 122 Å². The Morgan fingerprint density at radius 2 is 1.85 bits per heavy atom. The number of piperazine rings is 1. The van der Waals surface area contributed by atoms with Crippen molar-refractivity contribution in [3.63, 3.8) is 0 Å². The Bertz CT molecular complexity index is 408. The van der Waals surface area contributed by atoms with Gasteiger partial charge >= 0.3 is 0 Å². The summed E-state index contributed by atoms with van der Waals surface area (Å²) in [5.41, 5.74) is 2.73. The molecule has 1 aliphatic rings. The lowest BCUT2D eigenvalue weighted by Gasteiger charge is -2.36. The third-order valence-electron chi connectivity index (χ3n) is 3.93. The van der Waals surface area contributed by atoms with Gasteiger partial charge in [-0.1, -0.05) is 31.6 Å². The molecule has 1 saturated heterocycles. The monoisotopic (exact) mass is 274 g/mol. The molecule has 1 aromatic carbocycles. The van der Waals surface area contributed by atoms with Crippen LogP contribution in [0.4, 0.5) is 5.69 Å². The molecule has 0 amide bonds. The zero-order valence-corrected chi connectivity index (χ0v) is 12.5. The summed E-state index contributed by atoms with van der Waals surface area (Å²) in [5.74, 6) is 0. The van der Waals surface area contributed by atoms with Crippen LogP contribution in [0.5, 0.6) is 0 Å². The van der Waals surface area contributed by atoms with Gasteiger partial charge in [0, 0.05) is 38.4 Å². The minimum atomic E-state index is -0.408. The molecule has 1 aliphatic heterocycles. The molecule has 1 N–H and O–H groups in total. The van der Waals surface area contributed by atoms with Crippen molar-refractivity contribution in [1.29, 1.82) is 0 Å². The summed E-state index contributed by atoms with van der Waals surface area (Å²) in [7, 11) is 0. The SMILES string of the molecule is C=CC(O)CN1CCN(c2ccc(CCC)cc2)CC1. The zero-order chi connectivity index (χ0) is 14.4. The Morgan fingerprint density at radius 1 is 1.20 bits per heavy atom. The normalized spacial score (nSPS) is 18.0. The van der Waals surface area contributed by atoms with Crippen LogP contribution in [0.2, 0.25) is 0 Å². The van der Waals surface area contributed by atoms with Crippen molar-refractivity contribution < 1.29 is 5.11 Å². The van der Waals surface area contributed by atoms with Crippen molar-refractivity contribution in [2.75, 3.05) is 37.6 Å². The second-order valence-electron chi connectivity index (χ2n) is 5.51. The molecule has 0 spiro atoms. The number of β-amino-alcohol motifs (C(OH)–C–C–N with tert-alkyl or cyclic N) is 1. The van der Waals surface area contributed by atoms with Gasteiger partial charge in [-0.15, -0.1) is 6.58 Å². The van der Waals surface area contributed by atoms with E-state index in [9.17, 15) is 5.11 Å². The molecule has 0 saturated carbocycles. The third kappa shape index (κ3) is 4.09. The zero-order valence-electron chi connectivity index (χ0n) is 12.5. The molecule has 0 aromatic heterocycles. The summed E-state index contributed by atoms with van der Waals surface area (Å²) in [6.07, 6.45) is 3.56. The minimum absolute atomic E-state index is 0.408. The number of nitrogens with zero attached hydrogens (tertiary/aromatic N) is 2. The number of benzene rings is 1. The highest BCUT2D eigenvalue weighted by Gasteiger charge is 2.18. The quantitative estimate of drug-likeness (QED) is 0.806. The van der Waals surface area contributed by atoms with Gasteiger partial charge in [0.2, 0.25) is 0 Å². The van der Waals surface area contributed by atoms with E-state index < -0.39 is 6.10 Å². The van der Waals surface area contributed by atoms with Gasteiger partial charge in [-0.05, 0) is 24.1 Å². The van der Waals surface area contributed by atoms with Crippen LogP contribution >= 0.6 is 0 Å². The molecule has 0 aliphatic carbocycles. The Kier molecular flexibility index (Phi) is 5.62. The molecule has 1 unspecified atom stereocenters. The van der Waals surface area contributed by atoms with E-state index in [1.165, 1.54) is 17.7 Å². The summed E-state index contributed by atoms with van der Waals surface area (Å²) in [6.45, 7) is 10.6. The standard InChI is InChI=1S/C17H26N2O/c1-3-5-15-6-8-16(9-7-15)19-12-10-18(11-13-19)14-17(20)4-2/h4,6-9,17,20H,2-3,5,10-14H2,1H3. The molecule has 2 rings (SSSR count). The summed E-state index contributed by atoms with van der Waals surface area (Å²) in [4.78, 5) is 4.72. The lowest BCUT2D eigenvalue weighted by Crippen LogP contribution is -2.48. The first kappa shape index (κ1) is 15.1. The van der Waals surface area contributed by atoms with Crippen LogP contribution < -0.4 is 4.90 Å². The molecule has 0 radical (unpaired) electrons.